The van der Waals surface area contributed by atoms with Gasteiger partial charge in [-0.3, -0.25) is 4.79 Å². The van der Waals surface area contributed by atoms with Crippen LogP contribution in [-0.4, -0.2) is 57.0 Å². The molecular weight excluding hydrogens is 356 g/mol. The van der Waals surface area contributed by atoms with E-state index in [1.807, 2.05) is 11.8 Å². The lowest BCUT2D eigenvalue weighted by molar-refractivity contribution is -0.149. The summed E-state index contributed by atoms with van der Waals surface area (Å²) in [6.07, 6.45) is 1.71. The average molecular weight is 382 g/mol. The molecule has 0 amide bonds. The van der Waals surface area contributed by atoms with Crippen molar-refractivity contribution in [3.63, 3.8) is 0 Å². The maximum atomic E-state index is 12.0. The fourth-order valence-corrected chi connectivity index (χ4v) is 3.25. The molecule has 0 aromatic heterocycles. The van der Waals surface area contributed by atoms with Crippen LogP contribution in [0.5, 0.6) is 17.2 Å². The highest BCUT2D eigenvalue weighted by Gasteiger charge is 2.28. The van der Waals surface area contributed by atoms with E-state index in [4.69, 9.17) is 31.2 Å². The summed E-state index contributed by atoms with van der Waals surface area (Å²) in [5, 5.41) is 3.74. The summed E-state index contributed by atoms with van der Waals surface area (Å²) in [5.74, 6) is 1.29. The third-order valence-corrected chi connectivity index (χ3v) is 4.60. The molecule has 1 fully saturated rings. The van der Waals surface area contributed by atoms with E-state index in [1.54, 1.807) is 33.5 Å². The molecule has 1 saturated heterocycles. The van der Waals surface area contributed by atoms with Gasteiger partial charge in [0.25, 0.3) is 0 Å². The number of carbonyl (C=O) groups is 1. The molecule has 8 heteroatoms. The number of likely N-dealkylation sites (tertiary alicyclic amines) is 1. The van der Waals surface area contributed by atoms with E-state index in [0.29, 0.717) is 35.5 Å². The second-order valence-corrected chi connectivity index (χ2v) is 6.27. The van der Waals surface area contributed by atoms with Gasteiger partial charge in [-0.15, -0.1) is 0 Å². The third-order valence-electron chi connectivity index (χ3n) is 4.24. The molecule has 1 aliphatic rings. The van der Waals surface area contributed by atoms with Gasteiger partial charge in [0.05, 0.1) is 33.9 Å². The van der Waals surface area contributed by atoms with Gasteiger partial charge in [0.1, 0.15) is 0 Å². The molecule has 0 spiro atoms. The normalized spacial score (nSPS) is 16.6. The highest BCUT2D eigenvalue weighted by Crippen LogP contribution is 2.40. The number of anilines is 1. The van der Waals surface area contributed by atoms with Crippen LogP contribution in [0.15, 0.2) is 12.1 Å². The van der Waals surface area contributed by atoms with E-state index in [-0.39, 0.29) is 11.9 Å². The van der Waals surface area contributed by atoms with Crippen LogP contribution in [0.2, 0.25) is 0 Å². The number of thiocarbonyl (C=S) groups is 1. The van der Waals surface area contributed by atoms with Crippen LogP contribution >= 0.6 is 12.2 Å². The molecule has 1 aromatic carbocycles. The molecule has 0 saturated carbocycles. The Morgan fingerprint density at radius 2 is 1.88 bits per heavy atom. The predicted octanol–water partition coefficient (Wildman–Crippen LogP) is 2.68. The Kier molecular flexibility index (Phi) is 7.32. The largest absolute Gasteiger partial charge is 0.493 e. The van der Waals surface area contributed by atoms with Crippen molar-refractivity contribution < 1.29 is 23.7 Å². The van der Waals surface area contributed by atoms with Gasteiger partial charge in [-0.05, 0) is 32.0 Å². The van der Waals surface area contributed by atoms with Crippen molar-refractivity contribution in [3.05, 3.63) is 12.1 Å². The van der Waals surface area contributed by atoms with Crippen LogP contribution in [0.3, 0.4) is 0 Å². The quantitative estimate of drug-likeness (QED) is 0.595. The Morgan fingerprint density at radius 3 is 2.42 bits per heavy atom. The minimum absolute atomic E-state index is 0.150. The van der Waals surface area contributed by atoms with E-state index < -0.39 is 0 Å². The summed E-state index contributed by atoms with van der Waals surface area (Å²) in [4.78, 5) is 14.0. The molecule has 0 unspecified atom stereocenters. The van der Waals surface area contributed by atoms with E-state index in [2.05, 4.69) is 5.32 Å². The number of nitrogens with one attached hydrogen (secondary N) is 1. The first kappa shape index (κ1) is 20.1. The van der Waals surface area contributed by atoms with Gasteiger partial charge in [0, 0.05) is 30.9 Å². The Hall–Kier alpha value is -2.22. The summed E-state index contributed by atoms with van der Waals surface area (Å²) in [7, 11) is 4.68. The van der Waals surface area contributed by atoms with Crippen molar-refractivity contribution in [1.29, 1.82) is 0 Å². The van der Waals surface area contributed by atoms with E-state index in [0.717, 1.165) is 25.1 Å². The van der Waals surface area contributed by atoms with Crippen LogP contribution in [0.25, 0.3) is 0 Å². The molecule has 1 atom stereocenters. The van der Waals surface area contributed by atoms with Gasteiger partial charge in [-0.1, -0.05) is 0 Å². The van der Waals surface area contributed by atoms with Gasteiger partial charge in [0.15, 0.2) is 16.6 Å². The molecule has 144 valence electrons. The van der Waals surface area contributed by atoms with E-state index in [9.17, 15) is 4.79 Å². The minimum Gasteiger partial charge on any atom is -0.493 e. The van der Waals surface area contributed by atoms with Crippen molar-refractivity contribution in [3.8, 4) is 17.2 Å². The van der Waals surface area contributed by atoms with Gasteiger partial charge < -0.3 is 29.2 Å². The fourth-order valence-electron chi connectivity index (χ4n) is 2.97. The van der Waals surface area contributed by atoms with Gasteiger partial charge >= 0.3 is 5.97 Å². The lowest BCUT2D eigenvalue weighted by Gasteiger charge is -2.33. The summed E-state index contributed by atoms with van der Waals surface area (Å²) in [6.45, 7) is 3.56. The van der Waals surface area contributed by atoms with Gasteiger partial charge in [-0.2, -0.15) is 0 Å². The molecule has 0 aliphatic carbocycles. The standard InChI is InChI=1S/C18H26N2O5S/c1-5-25-17(21)12-7-6-8-20(11-12)18(26)19-13-9-14(22-2)16(24-4)15(10-13)23-3/h9-10,12H,5-8,11H2,1-4H3,(H,19,26)/t12-/m1/s1. The first-order chi connectivity index (χ1) is 12.5. The number of hydrogen-bond donors (Lipinski definition) is 1. The van der Waals surface area contributed by atoms with Crippen molar-refractivity contribution in [1.82, 2.24) is 4.90 Å². The SMILES string of the molecule is CCOC(=O)[C@@H]1CCCN(C(=S)Nc2cc(OC)c(OC)c(OC)c2)C1. The molecule has 1 heterocycles. The topological polar surface area (TPSA) is 69.3 Å². The molecule has 2 rings (SSSR count). The molecule has 1 aliphatic heterocycles. The monoisotopic (exact) mass is 382 g/mol. The second-order valence-electron chi connectivity index (χ2n) is 5.88. The Morgan fingerprint density at radius 1 is 1.23 bits per heavy atom. The number of methoxy groups -OCH3 is 3. The minimum atomic E-state index is -0.159. The smallest absolute Gasteiger partial charge is 0.310 e. The summed E-state index contributed by atoms with van der Waals surface area (Å²) in [6, 6.07) is 3.58. The fraction of sp³-hybridized carbons (Fsp3) is 0.556. The summed E-state index contributed by atoms with van der Waals surface area (Å²) >= 11 is 5.53. The number of hydrogen-bond acceptors (Lipinski definition) is 6. The molecule has 0 radical (unpaired) electrons. The zero-order valence-corrected chi connectivity index (χ0v) is 16.5. The van der Waals surface area contributed by atoms with Crippen molar-refractivity contribution in [2.45, 2.75) is 19.8 Å². The third kappa shape index (κ3) is 4.69. The molecule has 26 heavy (non-hydrogen) atoms. The van der Waals surface area contributed by atoms with E-state index >= 15 is 0 Å². The Labute approximate surface area is 159 Å². The number of piperidine rings is 1. The van der Waals surface area contributed by atoms with Gasteiger partial charge in [0.2, 0.25) is 5.75 Å². The first-order valence-corrected chi connectivity index (χ1v) is 8.97. The van der Waals surface area contributed by atoms with Crippen LogP contribution in [-0.2, 0) is 9.53 Å². The van der Waals surface area contributed by atoms with Crippen molar-refractivity contribution in [2.75, 3.05) is 46.3 Å². The number of nitrogens with zero attached hydrogens (tertiary/aromatic N) is 1. The van der Waals surface area contributed by atoms with Crippen molar-refractivity contribution in [2.24, 2.45) is 5.92 Å². The molecule has 0 bridgehead atoms. The molecular formula is C18H26N2O5S. The summed E-state index contributed by atoms with van der Waals surface area (Å²) in [5.41, 5.74) is 0.725. The average Bonchev–Trinajstić information content (AvgIpc) is 2.67. The zero-order chi connectivity index (χ0) is 19.1. The van der Waals surface area contributed by atoms with Crippen LogP contribution in [0, 0.1) is 5.92 Å². The highest BCUT2D eigenvalue weighted by atomic mass is 32.1. The van der Waals surface area contributed by atoms with Crippen LogP contribution in [0.4, 0.5) is 5.69 Å². The number of carbonyl (C=O) groups excluding carboxylic acids is 1. The van der Waals surface area contributed by atoms with Crippen molar-refractivity contribution >= 4 is 29.0 Å². The highest BCUT2D eigenvalue weighted by molar-refractivity contribution is 7.80. The second kappa shape index (κ2) is 9.47. The number of ether oxygens (including phenoxy) is 4. The molecule has 1 N–H and O–H groups in total. The summed E-state index contributed by atoms with van der Waals surface area (Å²) < 4.78 is 21.2. The lowest BCUT2D eigenvalue weighted by Crippen LogP contribution is -2.44. The van der Waals surface area contributed by atoms with E-state index in [1.165, 1.54) is 0 Å². The Bertz CT molecular complexity index is 627. The zero-order valence-electron chi connectivity index (χ0n) is 15.7. The maximum Gasteiger partial charge on any atom is 0.310 e. The molecule has 7 nitrogen and oxygen atoms in total. The number of esters is 1. The van der Waals surface area contributed by atoms with Gasteiger partial charge in [-0.25, -0.2) is 0 Å². The Balaban J connectivity index is 2.10. The molecule has 1 aromatic rings. The van der Waals surface area contributed by atoms with Crippen LogP contribution in [0.1, 0.15) is 19.8 Å². The predicted molar refractivity (Wildman–Crippen MR) is 103 cm³/mol. The lowest BCUT2D eigenvalue weighted by atomic mass is 9.98. The maximum absolute atomic E-state index is 12.0. The number of rotatable bonds is 6. The number of benzene rings is 1. The van der Waals surface area contributed by atoms with Crippen LogP contribution < -0.4 is 19.5 Å². The first-order valence-electron chi connectivity index (χ1n) is 8.56.